The Morgan fingerprint density at radius 3 is 2.23 bits per heavy atom. The molecule has 26 heavy (non-hydrogen) atoms. The summed E-state index contributed by atoms with van der Waals surface area (Å²) in [6.07, 6.45) is 0. The maximum Gasteiger partial charge on any atom is 0.244 e. The number of hydrogen-bond acceptors (Lipinski definition) is 3. The van der Waals surface area contributed by atoms with Gasteiger partial charge in [0, 0.05) is 0 Å². The molecule has 0 aliphatic rings. The minimum absolute atomic E-state index is 0.307. The zero-order valence-corrected chi connectivity index (χ0v) is 14.8. The van der Waals surface area contributed by atoms with E-state index in [0.717, 1.165) is 24.3 Å². The Balaban J connectivity index is 2.07. The molecule has 9 heteroatoms. The van der Waals surface area contributed by atoms with E-state index < -0.39 is 50.4 Å². The second-order valence-corrected chi connectivity index (χ2v) is 7.36. The fraction of sp³-hybridized carbons (Fsp3) is 0.235. The van der Waals surface area contributed by atoms with Crippen molar-refractivity contribution in [3.05, 3.63) is 65.5 Å². The van der Waals surface area contributed by atoms with Crippen molar-refractivity contribution in [3.63, 3.8) is 0 Å². The van der Waals surface area contributed by atoms with Gasteiger partial charge in [0.15, 0.2) is 11.6 Å². The van der Waals surface area contributed by atoms with Crippen LogP contribution in [-0.4, -0.2) is 20.4 Å². The highest BCUT2D eigenvalue weighted by atomic mass is 32.2. The minimum Gasteiger partial charge on any atom is -0.348 e. The number of carbonyl (C=O) groups excluding carboxylic acids is 1. The lowest BCUT2D eigenvalue weighted by Crippen LogP contribution is -2.45. The van der Waals surface area contributed by atoms with Gasteiger partial charge >= 0.3 is 0 Å². The molecular formula is C17H17F3N2O3S. The van der Waals surface area contributed by atoms with Gasteiger partial charge in [0.25, 0.3) is 0 Å². The van der Waals surface area contributed by atoms with Crippen LogP contribution < -0.4 is 10.0 Å². The lowest BCUT2D eigenvalue weighted by atomic mass is 10.1. The first-order valence-electron chi connectivity index (χ1n) is 7.64. The van der Waals surface area contributed by atoms with Crippen molar-refractivity contribution in [1.82, 2.24) is 10.0 Å². The quantitative estimate of drug-likeness (QED) is 0.802. The molecule has 5 nitrogen and oxygen atoms in total. The van der Waals surface area contributed by atoms with E-state index in [4.69, 9.17) is 0 Å². The number of rotatable bonds is 6. The second-order valence-electron chi connectivity index (χ2n) is 5.68. The molecule has 2 aromatic carbocycles. The van der Waals surface area contributed by atoms with Gasteiger partial charge in [-0.1, -0.05) is 18.2 Å². The summed E-state index contributed by atoms with van der Waals surface area (Å²) in [4.78, 5) is 11.6. The number of halogens is 3. The van der Waals surface area contributed by atoms with Crippen LogP contribution in [0.4, 0.5) is 13.2 Å². The Hall–Kier alpha value is -2.39. The maximum absolute atomic E-state index is 13.7. The Morgan fingerprint density at radius 1 is 0.962 bits per heavy atom. The van der Waals surface area contributed by atoms with Crippen LogP contribution in [0, 0.1) is 17.5 Å². The van der Waals surface area contributed by atoms with Crippen LogP contribution in [-0.2, 0) is 14.8 Å². The largest absolute Gasteiger partial charge is 0.348 e. The third kappa shape index (κ3) is 4.61. The first-order valence-corrected chi connectivity index (χ1v) is 9.12. The van der Waals surface area contributed by atoms with Gasteiger partial charge in [-0.05, 0) is 43.7 Å². The van der Waals surface area contributed by atoms with Gasteiger partial charge in [0.2, 0.25) is 15.9 Å². The molecule has 2 aromatic rings. The van der Waals surface area contributed by atoms with Crippen molar-refractivity contribution in [2.45, 2.75) is 30.8 Å². The molecule has 2 rings (SSSR count). The maximum atomic E-state index is 13.7. The van der Waals surface area contributed by atoms with Gasteiger partial charge in [0.05, 0.1) is 12.1 Å². The molecule has 0 fully saturated rings. The molecular weight excluding hydrogens is 369 g/mol. The van der Waals surface area contributed by atoms with E-state index in [9.17, 15) is 26.4 Å². The summed E-state index contributed by atoms with van der Waals surface area (Å²) in [6.45, 7) is 2.81. The minimum atomic E-state index is -4.24. The zero-order chi connectivity index (χ0) is 19.5. The lowest BCUT2D eigenvalue weighted by molar-refractivity contribution is -0.123. The average Bonchev–Trinajstić information content (AvgIpc) is 2.57. The summed E-state index contributed by atoms with van der Waals surface area (Å²) >= 11 is 0. The molecule has 0 spiro atoms. The first kappa shape index (κ1) is 19.9. The number of nitrogens with one attached hydrogen (secondary N) is 2. The molecule has 0 saturated heterocycles. The molecule has 0 aliphatic heterocycles. The summed E-state index contributed by atoms with van der Waals surface area (Å²) in [5, 5.41) is 2.48. The van der Waals surface area contributed by atoms with E-state index >= 15 is 0 Å². The molecule has 2 atom stereocenters. The molecule has 140 valence electrons. The highest BCUT2D eigenvalue weighted by Crippen LogP contribution is 2.17. The monoisotopic (exact) mass is 386 g/mol. The van der Waals surface area contributed by atoms with Crippen LogP contribution in [0.1, 0.15) is 25.5 Å². The van der Waals surface area contributed by atoms with E-state index in [-0.39, 0.29) is 0 Å². The van der Waals surface area contributed by atoms with Crippen molar-refractivity contribution in [3.8, 4) is 0 Å². The summed E-state index contributed by atoms with van der Waals surface area (Å²) in [6, 6.07) is 6.02. The normalized spacial score (nSPS) is 13.9. The van der Waals surface area contributed by atoms with E-state index in [1.807, 2.05) is 0 Å². The van der Waals surface area contributed by atoms with E-state index in [2.05, 4.69) is 10.0 Å². The Bertz CT molecular complexity index is 919. The van der Waals surface area contributed by atoms with Gasteiger partial charge in [-0.3, -0.25) is 4.79 Å². The number of carbonyl (C=O) groups is 1. The number of amides is 1. The van der Waals surface area contributed by atoms with Crippen LogP contribution in [0.15, 0.2) is 47.4 Å². The Labute approximate surface area is 149 Å². The Morgan fingerprint density at radius 2 is 1.62 bits per heavy atom. The number of sulfonamides is 1. The predicted molar refractivity (Wildman–Crippen MR) is 89.1 cm³/mol. The molecule has 1 amide bonds. The Kier molecular flexibility index (Phi) is 6.04. The first-order chi connectivity index (χ1) is 12.1. The van der Waals surface area contributed by atoms with Crippen LogP contribution in [0.3, 0.4) is 0 Å². The van der Waals surface area contributed by atoms with Gasteiger partial charge < -0.3 is 5.32 Å². The third-order valence-corrected chi connectivity index (χ3v) is 5.23. The summed E-state index contributed by atoms with van der Waals surface area (Å²) in [5.74, 6) is -3.72. The summed E-state index contributed by atoms with van der Waals surface area (Å²) in [5.41, 5.74) is 0.307. The van der Waals surface area contributed by atoms with Crippen LogP contribution in [0.5, 0.6) is 0 Å². The topological polar surface area (TPSA) is 75.3 Å². The SMILES string of the molecule is CC(NC(=O)[C@H](C)NS(=O)(=O)c1ccccc1F)c1ccc(F)c(F)c1. The van der Waals surface area contributed by atoms with Crippen LogP contribution >= 0.6 is 0 Å². The van der Waals surface area contributed by atoms with Gasteiger partial charge in [-0.2, -0.15) is 4.72 Å². The average molecular weight is 386 g/mol. The summed E-state index contributed by atoms with van der Waals surface area (Å²) in [7, 11) is -4.24. The molecule has 0 aliphatic carbocycles. The molecule has 1 unspecified atom stereocenters. The van der Waals surface area contributed by atoms with Crippen molar-refractivity contribution < 1.29 is 26.4 Å². The molecule has 2 N–H and O–H groups in total. The van der Waals surface area contributed by atoms with Crippen LogP contribution in [0.25, 0.3) is 0 Å². The highest BCUT2D eigenvalue weighted by molar-refractivity contribution is 7.89. The van der Waals surface area contributed by atoms with Crippen molar-refractivity contribution in [1.29, 1.82) is 0 Å². The van der Waals surface area contributed by atoms with Crippen molar-refractivity contribution in [2.75, 3.05) is 0 Å². The second kappa shape index (κ2) is 7.88. The smallest absolute Gasteiger partial charge is 0.244 e. The van der Waals surface area contributed by atoms with Gasteiger partial charge in [-0.15, -0.1) is 0 Å². The van der Waals surface area contributed by atoms with E-state index in [1.54, 1.807) is 0 Å². The molecule has 0 aromatic heterocycles. The number of hydrogen-bond donors (Lipinski definition) is 2. The molecule has 0 heterocycles. The lowest BCUT2D eigenvalue weighted by Gasteiger charge is -2.19. The molecule has 0 radical (unpaired) electrons. The summed E-state index contributed by atoms with van der Waals surface area (Å²) < 4.78 is 66.3. The predicted octanol–water partition coefficient (Wildman–Crippen LogP) is 2.65. The van der Waals surface area contributed by atoms with Gasteiger partial charge in [-0.25, -0.2) is 21.6 Å². The molecule has 0 saturated carbocycles. The van der Waals surface area contributed by atoms with Crippen molar-refractivity contribution in [2.24, 2.45) is 0 Å². The third-order valence-electron chi connectivity index (χ3n) is 3.65. The van der Waals surface area contributed by atoms with Crippen LogP contribution in [0.2, 0.25) is 0 Å². The zero-order valence-electron chi connectivity index (χ0n) is 14.0. The molecule has 0 bridgehead atoms. The van der Waals surface area contributed by atoms with E-state index in [0.29, 0.717) is 5.56 Å². The number of benzene rings is 2. The highest BCUT2D eigenvalue weighted by Gasteiger charge is 2.25. The van der Waals surface area contributed by atoms with Crippen molar-refractivity contribution >= 4 is 15.9 Å². The fourth-order valence-corrected chi connectivity index (χ4v) is 3.50. The van der Waals surface area contributed by atoms with Gasteiger partial charge in [0.1, 0.15) is 10.7 Å². The standard InChI is InChI=1S/C17H17F3N2O3S/c1-10(12-7-8-13(18)15(20)9-12)21-17(23)11(2)22-26(24,25)16-6-4-3-5-14(16)19/h3-11,22H,1-2H3,(H,21,23)/t10?,11-/m0/s1. The van der Waals surface area contributed by atoms with E-state index in [1.165, 1.54) is 32.0 Å². The fourth-order valence-electron chi connectivity index (χ4n) is 2.22.